The predicted octanol–water partition coefficient (Wildman–Crippen LogP) is 3.03. The quantitative estimate of drug-likeness (QED) is 0.611. The molecule has 1 unspecified atom stereocenters. The van der Waals surface area contributed by atoms with Gasteiger partial charge in [-0.1, -0.05) is 13.8 Å². The second-order valence-electron chi connectivity index (χ2n) is 3.20. The Morgan fingerprint density at radius 2 is 2.29 bits per heavy atom. The fourth-order valence-corrected chi connectivity index (χ4v) is 2.01. The summed E-state index contributed by atoms with van der Waals surface area (Å²) in [5.74, 6) is 0. The van der Waals surface area contributed by atoms with Gasteiger partial charge in [-0.2, -0.15) is 5.26 Å². The number of hydrogen-bond acceptors (Lipinski definition) is 3. The molecule has 0 aliphatic heterocycles. The van der Waals surface area contributed by atoms with Crippen molar-refractivity contribution in [1.82, 2.24) is 0 Å². The summed E-state index contributed by atoms with van der Waals surface area (Å²) in [5.41, 5.74) is 7.25. The maximum atomic E-state index is 8.74. The number of nitriles is 1. The predicted molar refractivity (Wildman–Crippen MR) is 61.2 cm³/mol. The average Bonchev–Trinajstić information content (AvgIpc) is 2.21. The first-order valence-electron chi connectivity index (χ1n) is 4.63. The zero-order valence-corrected chi connectivity index (χ0v) is 9.27. The molecular formula is C11H14N2S. The van der Waals surface area contributed by atoms with E-state index in [9.17, 15) is 0 Å². The molecule has 1 aromatic rings. The molecule has 3 heteroatoms. The molecule has 0 aliphatic carbocycles. The maximum Gasteiger partial charge on any atom is 0.0992 e. The molecule has 1 atom stereocenters. The number of nitrogens with two attached hydrogens (primary N) is 1. The largest absolute Gasteiger partial charge is 0.398 e. The van der Waals surface area contributed by atoms with Crippen LogP contribution in [0.4, 0.5) is 5.69 Å². The van der Waals surface area contributed by atoms with E-state index in [2.05, 4.69) is 19.9 Å². The van der Waals surface area contributed by atoms with Crippen molar-refractivity contribution in [2.24, 2.45) is 0 Å². The monoisotopic (exact) mass is 206 g/mol. The van der Waals surface area contributed by atoms with E-state index in [1.54, 1.807) is 23.9 Å². The van der Waals surface area contributed by atoms with Crippen molar-refractivity contribution in [3.8, 4) is 6.07 Å². The van der Waals surface area contributed by atoms with E-state index < -0.39 is 0 Å². The molecule has 1 rings (SSSR count). The summed E-state index contributed by atoms with van der Waals surface area (Å²) < 4.78 is 0. The van der Waals surface area contributed by atoms with Crippen LogP contribution in [0.25, 0.3) is 0 Å². The van der Waals surface area contributed by atoms with Crippen molar-refractivity contribution in [3.63, 3.8) is 0 Å². The van der Waals surface area contributed by atoms with Gasteiger partial charge >= 0.3 is 0 Å². The Bertz CT molecular complexity index is 355. The van der Waals surface area contributed by atoms with E-state index in [4.69, 9.17) is 11.0 Å². The van der Waals surface area contributed by atoms with E-state index in [0.29, 0.717) is 10.8 Å². The van der Waals surface area contributed by atoms with Crippen LogP contribution >= 0.6 is 11.8 Å². The molecule has 0 heterocycles. The smallest absolute Gasteiger partial charge is 0.0992 e. The summed E-state index contributed by atoms with van der Waals surface area (Å²) >= 11 is 1.72. The number of benzene rings is 1. The third-order valence-corrected chi connectivity index (χ3v) is 3.39. The van der Waals surface area contributed by atoms with Crippen LogP contribution in [-0.4, -0.2) is 5.25 Å². The molecule has 0 bridgehead atoms. The highest BCUT2D eigenvalue weighted by Crippen LogP contribution is 2.30. The third kappa shape index (κ3) is 2.68. The first-order valence-corrected chi connectivity index (χ1v) is 5.51. The Morgan fingerprint density at radius 1 is 1.57 bits per heavy atom. The van der Waals surface area contributed by atoms with E-state index in [1.165, 1.54) is 0 Å². The molecule has 0 radical (unpaired) electrons. The molecule has 74 valence electrons. The van der Waals surface area contributed by atoms with Gasteiger partial charge < -0.3 is 5.73 Å². The summed E-state index contributed by atoms with van der Waals surface area (Å²) in [4.78, 5) is 1.01. The highest BCUT2D eigenvalue weighted by atomic mass is 32.2. The Morgan fingerprint density at radius 3 is 2.86 bits per heavy atom. The van der Waals surface area contributed by atoms with Crippen molar-refractivity contribution >= 4 is 17.4 Å². The highest BCUT2D eigenvalue weighted by Gasteiger charge is 2.06. The van der Waals surface area contributed by atoms with Crippen molar-refractivity contribution in [2.45, 2.75) is 30.4 Å². The van der Waals surface area contributed by atoms with Gasteiger partial charge in [0, 0.05) is 15.8 Å². The zero-order chi connectivity index (χ0) is 10.6. The summed E-state index contributed by atoms with van der Waals surface area (Å²) in [6.07, 6.45) is 1.10. The molecular weight excluding hydrogens is 192 g/mol. The lowest BCUT2D eigenvalue weighted by atomic mass is 10.2. The summed E-state index contributed by atoms with van der Waals surface area (Å²) in [6.45, 7) is 4.30. The van der Waals surface area contributed by atoms with E-state index in [1.807, 2.05) is 6.07 Å². The van der Waals surface area contributed by atoms with Gasteiger partial charge in [0.25, 0.3) is 0 Å². The molecule has 0 saturated heterocycles. The molecule has 0 amide bonds. The van der Waals surface area contributed by atoms with Crippen LogP contribution in [0.1, 0.15) is 25.8 Å². The number of rotatable bonds is 3. The van der Waals surface area contributed by atoms with Crippen LogP contribution in [-0.2, 0) is 0 Å². The molecule has 0 spiro atoms. The molecule has 1 aromatic carbocycles. The Kier molecular flexibility index (Phi) is 3.84. The average molecular weight is 206 g/mol. The van der Waals surface area contributed by atoms with Crippen LogP contribution in [0.5, 0.6) is 0 Å². The molecule has 0 saturated carbocycles. The fourth-order valence-electron chi connectivity index (χ4n) is 1.01. The third-order valence-electron chi connectivity index (χ3n) is 2.05. The van der Waals surface area contributed by atoms with Crippen molar-refractivity contribution in [2.75, 3.05) is 5.73 Å². The molecule has 0 aromatic heterocycles. The number of nitrogen functional groups attached to an aromatic ring is 1. The van der Waals surface area contributed by atoms with Crippen LogP contribution in [0, 0.1) is 11.3 Å². The minimum absolute atomic E-state index is 0.534. The van der Waals surface area contributed by atoms with E-state index >= 15 is 0 Å². The van der Waals surface area contributed by atoms with Gasteiger partial charge in [-0.25, -0.2) is 0 Å². The van der Waals surface area contributed by atoms with E-state index in [-0.39, 0.29) is 0 Å². The summed E-state index contributed by atoms with van der Waals surface area (Å²) in [7, 11) is 0. The Labute approximate surface area is 89.1 Å². The van der Waals surface area contributed by atoms with Crippen LogP contribution in [0.15, 0.2) is 23.1 Å². The number of hydrogen-bond donors (Lipinski definition) is 1. The zero-order valence-electron chi connectivity index (χ0n) is 8.45. The standard InChI is InChI=1S/C11H14N2S/c1-3-8(2)14-11-6-9(7-12)4-5-10(11)13/h4-6,8H,3,13H2,1-2H3. The van der Waals surface area contributed by atoms with E-state index in [0.717, 1.165) is 17.0 Å². The van der Waals surface area contributed by atoms with Crippen LogP contribution in [0.2, 0.25) is 0 Å². The van der Waals surface area contributed by atoms with Crippen LogP contribution < -0.4 is 5.73 Å². The van der Waals surface area contributed by atoms with Gasteiger partial charge in [0.05, 0.1) is 11.6 Å². The van der Waals surface area contributed by atoms with Gasteiger partial charge in [0.15, 0.2) is 0 Å². The molecule has 2 N–H and O–H groups in total. The van der Waals surface area contributed by atoms with Gasteiger partial charge in [-0.15, -0.1) is 11.8 Å². The molecule has 2 nitrogen and oxygen atoms in total. The van der Waals surface area contributed by atoms with Crippen LogP contribution in [0.3, 0.4) is 0 Å². The van der Waals surface area contributed by atoms with Gasteiger partial charge in [-0.3, -0.25) is 0 Å². The Hall–Kier alpha value is -1.14. The summed E-state index contributed by atoms with van der Waals surface area (Å²) in [5, 5.41) is 9.28. The second kappa shape index (κ2) is 4.92. The number of nitrogens with zero attached hydrogens (tertiary/aromatic N) is 1. The second-order valence-corrected chi connectivity index (χ2v) is 4.68. The van der Waals surface area contributed by atoms with Crippen molar-refractivity contribution in [1.29, 1.82) is 5.26 Å². The van der Waals surface area contributed by atoms with Gasteiger partial charge in [0.2, 0.25) is 0 Å². The van der Waals surface area contributed by atoms with Crippen molar-refractivity contribution in [3.05, 3.63) is 23.8 Å². The first-order chi connectivity index (χ1) is 6.67. The normalized spacial score (nSPS) is 12.1. The minimum Gasteiger partial charge on any atom is -0.398 e. The molecule has 0 aliphatic rings. The lowest BCUT2D eigenvalue weighted by Crippen LogP contribution is -1.96. The summed E-state index contributed by atoms with van der Waals surface area (Å²) in [6, 6.07) is 7.51. The SMILES string of the molecule is CCC(C)Sc1cc(C#N)ccc1N. The van der Waals surface area contributed by atoms with Gasteiger partial charge in [-0.05, 0) is 24.6 Å². The van der Waals surface area contributed by atoms with Gasteiger partial charge in [0.1, 0.15) is 0 Å². The minimum atomic E-state index is 0.534. The van der Waals surface area contributed by atoms with Crippen molar-refractivity contribution < 1.29 is 0 Å². The fraction of sp³-hybridized carbons (Fsp3) is 0.364. The lowest BCUT2D eigenvalue weighted by Gasteiger charge is -2.10. The maximum absolute atomic E-state index is 8.74. The molecule has 14 heavy (non-hydrogen) atoms. The lowest BCUT2D eigenvalue weighted by molar-refractivity contribution is 0.906. The Balaban J connectivity index is 2.90. The topological polar surface area (TPSA) is 49.8 Å². The highest BCUT2D eigenvalue weighted by molar-refractivity contribution is 8.00. The number of thioether (sulfide) groups is 1. The number of anilines is 1. The first kappa shape index (κ1) is 10.9. The molecule has 0 fully saturated rings.